The van der Waals surface area contributed by atoms with Gasteiger partial charge in [-0.1, -0.05) is 43.3 Å². The van der Waals surface area contributed by atoms with Gasteiger partial charge in [0.25, 0.3) is 0 Å². The number of amides is 1. The Morgan fingerprint density at radius 1 is 1.38 bits per heavy atom. The van der Waals surface area contributed by atoms with Crippen LogP contribution in [0.25, 0.3) is 0 Å². The molecular formula is C14H19NO. The van der Waals surface area contributed by atoms with Crippen LogP contribution in [0.2, 0.25) is 0 Å². The first kappa shape index (κ1) is 12.5. The van der Waals surface area contributed by atoms with Crippen LogP contribution in [0.15, 0.2) is 43.0 Å². The van der Waals surface area contributed by atoms with Crippen molar-refractivity contribution in [1.29, 1.82) is 0 Å². The molecule has 2 heteroatoms. The zero-order chi connectivity index (χ0) is 12.0. The number of carbonyl (C=O) groups is 1. The van der Waals surface area contributed by atoms with E-state index in [2.05, 4.69) is 11.9 Å². The molecule has 0 aromatic heterocycles. The number of hydrogen-bond donors (Lipinski definition) is 1. The lowest BCUT2D eigenvalue weighted by molar-refractivity contribution is -0.122. The third-order valence-corrected chi connectivity index (χ3v) is 2.59. The van der Waals surface area contributed by atoms with E-state index in [0.717, 1.165) is 5.56 Å². The van der Waals surface area contributed by atoms with Gasteiger partial charge in [-0.25, -0.2) is 0 Å². The summed E-state index contributed by atoms with van der Waals surface area (Å²) in [6.07, 6.45) is 2.30. The molecule has 0 saturated carbocycles. The van der Waals surface area contributed by atoms with Gasteiger partial charge >= 0.3 is 0 Å². The monoisotopic (exact) mass is 217 g/mol. The van der Waals surface area contributed by atoms with Crippen LogP contribution in [-0.4, -0.2) is 5.91 Å². The fraction of sp³-hybridized carbons (Fsp3) is 0.357. The standard InChI is InChI=1S/C14H19NO/c1-4-11(2)10-14(16)15-12(3)13-8-6-5-7-9-13/h4-9,11-12H,1,10H2,2-3H3,(H,15,16)/t11-,12+/m1/s1. The number of nitrogens with one attached hydrogen (secondary N) is 1. The van der Waals surface area contributed by atoms with E-state index in [1.807, 2.05) is 44.2 Å². The summed E-state index contributed by atoms with van der Waals surface area (Å²) in [5, 5.41) is 2.97. The Balaban J connectivity index is 2.49. The number of rotatable bonds is 5. The molecule has 86 valence electrons. The summed E-state index contributed by atoms with van der Waals surface area (Å²) in [6.45, 7) is 7.65. The topological polar surface area (TPSA) is 29.1 Å². The summed E-state index contributed by atoms with van der Waals surface area (Å²) >= 11 is 0. The Morgan fingerprint density at radius 2 is 2.00 bits per heavy atom. The van der Waals surface area contributed by atoms with Crippen molar-refractivity contribution in [2.45, 2.75) is 26.3 Å². The minimum absolute atomic E-state index is 0.0608. The molecule has 16 heavy (non-hydrogen) atoms. The van der Waals surface area contributed by atoms with E-state index in [9.17, 15) is 4.79 Å². The first-order chi connectivity index (χ1) is 7.63. The molecule has 0 aliphatic heterocycles. The van der Waals surface area contributed by atoms with Crippen molar-refractivity contribution in [3.63, 3.8) is 0 Å². The summed E-state index contributed by atoms with van der Waals surface area (Å²) in [5.41, 5.74) is 1.13. The molecule has 0 bridgehead atoms. The molecule has 1 N–H and O–H groups in total. The summed E-state index contributed by atoms with van der Waals surface area (Å²) in [4.78, 5) is 11.6. The van der Waals surface area contributed by atoms with E-state index in [1.54, 1.807) is 6.08 Å². The molecule has 0 unspecified atom stereocenters. The van der Waals surface area contributed by atoms with Crippen molar-refractivity contribution < 1.29 is 4.79 Å². The highest BCUT2D eigenvalue weighted by atomic mass is 16.1. The largest absolute Gasteiger partial charge is 0.350 e. The second-order valence-electron chi connectivity index (χ2n) is 4.12. The van der Waals surface area contributed by atoms with Crippen molar-refractivity contribution in [2.24, 2.45) is 5.92 Å². The van der Waals surface area contributed by atoms with Crippen LogP contribution in [0.1, 0.15) is 31.9 Å². The Labute approximate surface area is 97.4 Å². The molecule has 0 aliphatic rings. The minimum Gasteiger partial charge on any atom is -0.350 e. The van der Waals surface area contributed by atoms with Crippen molar-refractivity contribution in [3.8, 4) is 0 Å². The second kappa shape index (κ2) is 6.11. The number of carbonyl (C=O) groups excluding carboxylic acids is 1. The molecule has 1 rings (SSSR count). The van der Waals surface area contributed by atoms with Crippen molar-refractivity contribution in [3.05, 3.63) is 48.6 Å². The highest BCUT2D eigenvalue weighted by Crippen LogP contribution is 2.12. The lowest BCUT2D eigenvalue weighted by Gasteiger charge is -2.15. The van der Waals surface area contributed by atoms with Gasteiger partial charge in [-0.3, -0.25) is 4.79 Å². The molecule has 1 amide bonds. The SMILES string of the molecule is C=C[C@@H](C)CC(=O)N[C@@H](C)c1ccccc1. The van der Waals surface area contributed by atoms with Crippen LogP contribution in [-0.2, 0) is 4.79 Å². The molecule has 2 atom stereocenters. The Kier molecular flexibility index (Phi) is 4.77. The first-order valence-electron chi connectivity index (χ1n) is 5.60. The van der Waals surface area contributed by atoms with E-state index < -0.39 is 0 Å². The Bertz CT molecular complexity index is 345. The predicted molar refractivity (Wildman–Crippen MR) is 67.0 cm³/mol. The zero-order valence-electron chi connectivity index (χ0n) is 9.94. The maximum absolute atomic E-state index is 11.6. The molecule has 1 aromatic carbocycles. The van der Waals surface area contributed by atoms with Gasteiger partial charge < -0.3 is 5.32 Å². The van der Waals surface area contributed by atoms with Gasteiger partial charge in [-0.05, 0) is 18.4 Å². The van der Waals surface area contributed by atoms with Crippen LogP contribution < -0.4 is 5.32 Å². The highest BCUT2D eigenvalue weighted by Gasteiger charge is 2.10. The lowest BCUT2D eigenvalue weighted by atomic mass is 10.1. The molecular weight excluding hydrogens is 198 g/mol. The molecule has 0 radical (unpaired) electrons. The highest BCUT2D eigenvalue weighted by molar-refractivity contribution is 5.76. The third-order valence-electron chi connectivity index (χ3n) is 2.59. The van der Waals surface area contributed by atoms with E-state index in [1.165, 1.54) is 0 Å². The van der Waals surface area contributed by atoms with E-state index >= 15 is 0 Å². The molecule has 0 fully saturated rings. The van der Waals surface area contributed by atoms with Gasteiger partial charge in [0.1, 0.15) is 0 Å². The van der Waals surface area contributed by atoms with Crippen molar-refractivity contribution >= 4 is 5.91 Å². The average Bonchev–Trinajstić information content (AvgIpc) is 2.29. The van der Waals surface area contributed by atoms with Gasteiger partial charge in [0.15, 0.2) is 0 Å². The van der Waals surface area contributed by atoms with Crippen molar-refractivity contribution in [2.75, 3.05) is 0 Å². The van der Waals surface area contributed by atoms with Crippen molar-refractivity contribution in [1.82, 2.24) is 5.32 Å². The normalized spacial score (nSPS) is 13.9. The third kappa shape index (κ3) is 3.89. The molecule has 0 spiro atoms. The number of hydrogen-bond acceptors (Lipinski definition) is 1. The maximum Gasteiger partial charge on any atom is 0.221 e. The molecule has 2 nitrogen and oxygen atoms in total. The lowest BCUT2D eigenvalue weighted by Crippen LogP contribution is -2.27. The predicted octanol–water partition coefficient (Wildman–Crippen LogP) is 3.08. The number of allylic oxidation sites excluding steroid dienone is 1. The second-order valence-corrected chi connectivity index (χ2v) is 4.12. The molecule has 0 saturated heterocycles. The zero-order valence-corrected chi connectivity index (χ0v) is 9.94. The van der Waals surface area contributed by atoms with Gasteiger partial charge in [-0.15, -0.1) is 6.58 Å². The minimum atomic E-state index is 0.0608. The fourth-order valence-electron chi connectivity index (χ4n) is 1.50. The summed E-state index contributed by atoms with van der Waals surface area (Å²) in [7, 11) is 0. The summed E-state index contributed by atoms with van der Waals surface area (Å²) in [6, 6.07) is 10.0. The Morgan fingerprint density at radius 3 is 2.56 bits per heavy atom. The fourth-order valence-corrected chi connectivity index (χ4v) is 1.50. The quantitative estimate of drug-likeness (QED) is 0.754. The van der Waals surface area contributed by atoms with E-state index in [-0.39, 0.29) is 17.9 Å². The van der Waals surface area contributed by atoms with Crippen LogP contribution in [0.3, 0.4) is 0 Å². The maximum atomic E-state index is 11.6. The van der Waals surface area contributed by atoms with Crippen LogP contribution in [0.5, 0.6) is 0 Å². The smallest absolute Gasteiger partial charge is 0.221 e. The van der Waals surface area contributed by atoms with Gasteiger partial charge in [0.05, 0.1) is 6.04 Å². The molecule has 0 aliphatic carbocycles. The average molecular weight is 217 g/mol. The molecule has 1 aromatic rings. The van der Waals surface area contributed by atoms with Crippen LogP contribution in [0, 0.1) is 5.92 Å². The first-order valence-corrected chi connectivity index (χ1v) is 5.60. The van der Waals surface area contributed by atoms with E-state index in [4.69, 9.17) is 0 Å². The van der Waals surface area contributed by atoms with E-state index in [0.29, 0.717) is 6.42 Å². The van der Waals surface area contributed by atoms with Crippen LogP contribution >= 0.6 is 0 Å². The van der Waals surface area contributed by atoms with Gasteiger partial charge in [-0.2, -0.15) is 0 Å². The van der Waals surface area contributed by atoms with Gasteiger partial charge in [0, 0.05) is 6.42 Å². The van der Waals surface area contributed by atoms with Crippen LogP contribution in [0.4, 0.5) is 0 Å². The number of benzene rings is 1. The van der Waals surface area contributed by atoms with Gasteiger partial charge in [0.2, 0.25) is 5.91 Å². The summed E-state index contributed by atoms with van der Waals surface area (Å²) in [5.74, 6) is 0.298. The molecule has 0 heterocycles. The Hall–Kier alpha value is -1.57. The summed E-state index contributed by atoms with van der Waals surface area (Å²) < 4.78 is 0.